The SMILES string of the molecule is Cc1c(-c2ccccc2)oc2cc(-c3cc(C(C)C)ccn3)cc(-c3ccc(C(C)C)cc3)c12. The van der Waals surface area contributed by atoms with Crippen molar-refractivity contribution in [3.05, 3.63) is 102 Å². The Hall–Kier alpha value is -3.65. The molecule has 5 rings (SSSR count). The van der Waals surface area contributed by atoms with E-state index in [2.05, 4.69) is 107 Å². The van der Waals surface area contributed by atoms with Gasteiger partial charge in [0.2, 0.25) is 0 Å². The summed E-state index contributed by atoms with van der Waals surface area (Å²) in [5.41, 5.74) is 10.2. The summed E-state index contributed by atoms with van der Waals surface area (Å²) in [4.78, 5) is 4.72. The number of pyridine rings is 1. The summed E-state index contributed by atoms with van der Waals surface area (Å²) in [6, 6.07) is 28.0. The molecule has 0 atom stereocenters. The Balaban J connectivity index is 1.76. The second-order valence-electron chi connectivity index (χ2n) is 9.72. The molecule has 2 heterocycles. The molecule has 0 bridgehead atoms. The van der Waals surface area contributed by atoms with Crippen LogP contribution < -0.4 is 0 Å². The van der Waals surface area contributed by atoms with Crippen LogP contribution in [-0.4, -0.2) is 4.98 Å². The molecule has 5 aromatic rings. The maximum absolute atomic E-state index is 6.52. The highest BCUT2D eigenvalue weighted by molar-refractivity contribution is 6.02. The van der Waals surface area contributed by atoms with Gasteiger partial charge in [0.05, 0.1) is 5.69 Å². The van der Waals surface area contributed by atoms with E-state index in [1.165, 1.54) is 33.2 Å². The van der Waals surface area contributed by atoms with Gasteiger partial charge in [0.1, 0.15) is 11.3 Å². The van der Waals surface area contributed by atoms with E-state index in [1.54, 1.807) is 0 Å². The summed E-state index contributed by atoms with van der Waals surface area (Å²) in [6.07, 6.45) is 1.91. The summed E-state index contributed by atoms with van der Waals surface area (Å²) < 4.78 is 6.52. The Labute approximate surface area is 202 Å². The van der Waals surface area contributed by atoms with Crippen LogP contribution in [0.5, 0.6) is 0 Å². The van der Waals surface area contributed by atoms with Crippen molar-refractivity contribution in [2.45, 2.75) is 46.5 Å². The molecule has 0 fully saturated rings. The van der Waals surface area contributed by atoms with Crippen molar-refractivity contribution in [3.8, 4) is 33.7 Å². The smallest absolute Gasteiger partial charge is 0.138 e. The third kappa shape index (κ3) is 4.05. The van der Waals surface area contributed by atoms with Crippen LogP contribution in [-0.2, 0) is 0 Å². The molecular formula is C32H31NO. The Morgan fingerprint density at radius 2 is 1.38 bits per heavy atom. The van der Waals surface area contributed by atoms with Crippen molar-refractivity contribution in [1.82, 2.24) is 4.98 Å². The van der Waals surface area contributed by atoms with Crippen LogP contribution in [0.1, 0.15) is 56.2 Å². The molecular weight excluding hydrogens is 414 g/mol. The van der Waals surface area contributed by atoms with Crippen molar-refractivity contribution in [3.63, 3.8) is 0 Å². The number of aromatic nitrogens is 1. The third-order valence-electron chi connectivity index (χ3n) is 6.70. The number of rotatable bonds is 5. The van der Waals surface area contributed by atoms with E-state index >= 15 is 0 Å². The minimum atomic E-state index is 0.448. The number of fused-ring (bicyclic) bond motifs is 1. The third-order valence-corrected chi connectivity index (χ3v) is 6.70. The molecule has 0 aliphatic rings. The molecule has 0 saturated heterocycles. The van der Waals surface area contributed by atoms with Crippen LogP contribution >= 0.6 is 0 Å². The van der Waals surface area contributed by atoms with Gasteiger partial charge in [-0.2, -0.15) is 0 Å². The highest BCUT2D eigenvalue weighted by Crippen LogP contribution is 2.41. The van der Waals surface area contributed by atoms with Gasteiger partial charge in [-0.25, -0.2) is 0 Å². The monoisotopic (exact) mass is 445 g/mol. The Morgan fingerprint density at radius 1 is 0.676 bits per heavy atom. The lowest BCUT2D eigenvalue weighted by Crippen LogP contribution is -1.92. The molecule has 0 N–H and O–H groups in total. The molecule has 2 aromatic heterocycles. The number of hydrogen-bond donors (Lipinski definition) is 0. The maximum Gasteiger partial charge on any atom is 0.138 e. The van der Waals surface area contributed by atoms with E-state index in [9.17, 15) is 0 Å². The van der Waals surface area contributed by atoms with Crippen LogP contribution in [0.15, 0.2) is 89.5 Å². The molecule has 0 saturated carbocycles. The average molecular weight is 446 g/mol. The Bertz CT molecular complexity index is 1440. The van der Waals surface area contributed by atoms with E-state index in [-0.39, 0.29) is 0 Å². The molecule has 0 radical (unpaired) electrons. The largest absolute Gasteiger partial charge is 0.456 e. The summed E-state index contributed by atoms with van der Waals surface area (Å²) in [5, 5.41) is 1.17. The second kappa shape index (κ2) is 8.95. The number of aryl methyl sites for hydroxylation is 1. The topological polar surface area (TPSA) is 26.0 Å². The van der Waals surface area contributed by atoms with E-state index < -0.39 is 0 Å². The van der Waals surface area contributed by atoms with Crippen molar-refractivity contribution in [2.75, 3.05) is 0 Å². The lowest BCUT2D eigenvalue weighted by Gasteiger charge is -2.12. The molecule has 170 valence electrons. The summed E-state index contributed by atoms with van der Waals surface area (Å²) in [5.74, 6) is 1.88. The minimum Gasteiger partial charge on any atom is -0.456 e. The minimum absolute atomic E-state index is 0.448. The van der Waals surface area contributed by atoms with Gasteiger partial charge >= 0.3 is 0 Å². The van der Waals surface area contributed by atoms with Crippen LogP contribution in [0.25, 0.3) is 44.7 Å². The van der Waals surface area contributed by atoms with Gasteiger partial charge in [-0.05, 0) is 65.3 Å². The molecule has 0 aliphatic heterocycles. The number of hydrogen-bond acceptors (Lipinski definition) is 2. The van der Waals surface area contributed by atoms with E-state index in [4.69, 9.17) is 9.40 Å². The molecule has 0 unspecified atom stereocenters. The van der Waals surface area contributed by atoms with Crippen LogP contribution in [0, 0.1) is 6.92 Å². The second-order valence-corrected chi connectivity index (χ2v) is 9.72. The normalized spacial score (nSPS) is 11.6. The predicted octanol–water partition coefficient (Wildman–Crippen LogP) is 9.38. The van der Waals surface area contributed by atoms with Crippen molar-refractivity contribution in [1.29, 1.82) is 0 Å². The van der Waals surface area contributed by atoms with Gasteiger partial charge in [-0.3, -0.25) is 4.98 Å². The zero-order chi connectivity index (χ0) is 23.8. The highest BCUT2D eigenvalue weighted by Gasteiger charge is 2.19. The first-order chi connectivity index (χ1) is 16.4. The van der Waals surface area contributed by atoms with Crippen LogP contribution in [0.3, 0.4) is 0 Å². The number of furan rings is 1. The molecule has 0 aliphatic carbocycles. The van der Waals surface area contributed by atoms with Gasteiger partial charge in [-0.15, -0.1) is 0 Å². The van der Waals surface area contributed by atoms with Crippen molar-refractivity contribution >= 4 is 11.0 Å². The molecule has 0 amide bonds. The van der Waals surface area contributed by atoms with Gasteiger partial charge in [0.15, 0.2) is 0 Å². The Kier molecular flexibility index (Phi) is 5.83. The summed E-state index contributed by atoms with van der Waals surface area (Å²) in [7, 11) is 0. The van der Waals surface area contributed by atoms with Gasteiger partial charge in [-0.1, -0.05) is 82.3 Å². The average Bonchev–Trinajstić information content (AvgIpc) is 3.20. The van der Waals surface area contributed by atoms with Crippen molar-refractivity contribution in [2.24, 2.45) is 0 Å². The first-order valence-corrected chi connectivity index (χ1v) is 12.1. The van der Waals surface area contributed by atoms with E-state index in [0.717, 1.165) is 28.2 Å². The van der Waals surface area contributed by atoms with Gasteiger partial charge in [0, 0.05) is 28.3 Å². The van der Waals surface area contributed by atoms with Crippen LogP contribution in [0.2, 0.25) is 0 Å². The first kappa shape index (κ1) is 22.2. The Morgan fingerprint density at radius 3 is 2.06 bits per heavy atom. The summed E-state index contributed by atoms with van der Waals surface area (Å²) >= 11 is 0. The molecule has 3 aromatic carbocycles. The first-order valence-electron chi connectivity index (χ1n) is 12.1. The molecule has 34 heavy (non-hydrogen) atoms. The highest BCUT2D eigenvalue weighted by atomic mass is 16.3. The zero-order valence-electron chi connectivity index (χ0n) is 20.6. The fourth-order valence-corrected chi connectivity index (χ4v) is 4.63. The molecule has 2 heteroatoms. The van der Waals surface area contributed by atoms with E-state index in [1.807, 2.05) is 12.3 Å². The summed E-state index contributed by atoms with van der Waals surface area (Å²) in [6.45, 7) is 11.1. The maximum atomic E-state index is 6.52. The number of nitrogens with zero attached hydrogens (tertiary/aromatic N) is 1. The fourth-order valence-electron chi connectivity index (χ4n) is 4.63. The lowest BCUT2D eigenvalue weighted by atomic mass is 9.92. The zero-order valence-corrected chi connectivity index (χ0v) is 20.6. The van der Waals surface area contributed by atoms with Gasteiger partial charge < -0.3 is 4.42 Å². The van der Waals surface area contributed by atoms with Gasteiger partial charge in [0.25, 0.3) is 0 Å². The molecule has 0 spiro atoms. The quantitative estimate of drug-likeness (QED) is 0.269. The predicted molar refractivity (Wildman–Crippen MR) is 143 cm³/mol. The van der Waals surface area contributed by atoms with Crippen molar-refractivity contribution < 1.29 is 4.42 Å². The number of benzene rings is 3. The van der Waals surface area contributed by atoms with E-state index in [0.29, 0.717) is 11.8 Å². The standard InChI is InChI=1S/C32H31NO/c1-20(2)23-11-13-24(14-12-23)28-17-27(29-18-26(21(3)4)15-16-33-29)19-30-31(28)22(5)32(34-30)25-9-7-6-8-10-25/h6-21H,1-5H3. The lowest BCUT2D eigenvalue weighted by molar-refractivity contribution is 0.629. The fraction of sp³-hybridized carbons (Fsp3) is 0.219. The molecule has 2 nitrogen and oxygen atoms in total. The van der Waals surface area contributed by atoms with Crippen LogP contribution in [0.4, 0.5) is 0 Å².